The Kier molecular flexibility index (Phi) is 2.90. The van der Waals surface area contributed by atoms with Crippen LogP contribution in [0, 0.1) is 34.3 Å². The fourth-order valence-electron chi connectivity index (χ4n) is 0.828. The quantitative estimate of drug-likeness (QED) is 0.646. The van der Waals surface area contributed by atoms with E-state index in [1.54, 1.807) is 0 Å². The van der Waals surface area contributed by atoms with Gasteiger partial charge < -0.3 is 0 Å². The van der Waals surface area contributed by atoms with Crippen molar-refractivity contribution in [3.63, 3.8) is 0 Å². The van der Waals surface area contributed by atoms with E-state index in [4.69, 9.17) is 33.7 Å². The number of nitriles is 2. The van der Waals surface area contributed by atoms with Gasteiger partial charge in [0, 0.05) is 0 Å². The Morgan fingerprint density at radius 2 is 1.14 bits per heavy atom. The van der Waals surface area contributed by atoms with E-state index in [1.807, 2.05) is 0 Å². The zero-order valence-corrected chi connectivity index (χ0v) is 7.92. The first-order chi connectivity index (χ1) is 6.54. The SMILES string of the molecule is N#Cc1c(F)c(F)c(C#N)c(Cl)c1Cl. The summed E-state index contributed by atoms with van der Waals surface area (Å²) in [5.41, 5.74) is -1.40. The summed E-state index contributed by atoms with van der Waals surface area (Å²) in [5, 5.41) is 16.0. The van der Waals surface area contributed by atoms with E-state index >= 15 is 0 Å². The van der Waals surface area contributed by atoms with E-state index in [-0.39, 0.29) is 0 Å². The predicted octanol–water partition coefficient (Wildman–Crippen LogP) is 3.01. The molecule has 0 aromatic heterocycles. The molecular formula is C8Cl2F2N2. The van der Waals surface area contributed by atoms with Crippen LogP contribution in [-0.2, 0) is 0 Å². The number of hydrogen-bond donors (Lipinski definition) is 0. The molecule has 70 valence electrons. The molecule has 0 aliphatic heterocycles. The monoisotopic (exact) mass is 232 g/mol. The molecule has 6 heteroatoms. The minimum absolute atomic E-state index is 0.454. The Bertz CT molecular complexity index is 412. The highest BCUT2D eigenvalue weighted by atomic mass is 35.5. The Hall–Kier alpha value is -1.36. The second-order valence-corrected chi connectivity index (χ2v) is 2.99. The van der Waals surface area contributed by atoms with E-state index < -0.39 is 32.8 Å². The average Bonchev–Trinajstić information content (AvgIpc) is 2.17. The highest BCUT2D eigenvalue weighted by Gasteiger charge is 2.22. The van der Waals surface area contributed by atoms with Gasteiger partial charge in [-0.05, 0) is 0 Å². The third kappa shape index (κ3) is 1.39. The molecule has 2 nitrogen and oxygen atoms in total. The number of rotatable bonds is 0. The highest BCUT2D eigenvalue weighted by Crippen LogP contribution is 2.33. The van der Waals surface area contributed by atoms with E-state index in [0.717, 1.165) is 0 Å². The second kappa shape index (κ2) is 3.79. The number of halogens is 4. The van der Waals surface area contributed by atoms with Crippen molar-refractivity contribution in [2.24, 2.45) is 0 Å². The van der Waals surface area contributed by atoms with Gasteiger partial charge in [-0.25, -0.2) is 8.78 Å². The largest absolute Gasteiger partial charge is 0.202 e. The molecule has 0 aliphatic rings. The molecule has 0 saturated heterocycles. The van der Waals surface area contributed by atoms with E-state index in [1.165, 1.54) is 12.1 Å². The summed E-state index contributed by atoms with van der Waals surface area (Å²) in [4.78, 5) is 0. The lowest BCUT2D eigenvalue weighted by Crippen LogP contribution is -1.97. The first kappa shape index (κ1) is 10.7. The van der Waals surface area contributed by atoms with Crippen LogP contribution in [0.3, 0.4) is 0 Å². The van der Waals surface area contributed by atoms with E-state index in [9.17, 15) is 8.78 Å². The maximum atomic E-state index is 13.0. The van der Waals surface area contributed by atoms with Crippen LogP contribution >= 0.6 is 23.2 Å². The Labute approximate surface area is 87.9 Å². The summed E-state index contributed by atoms with van der Waals surface area (Å²) in [6, 6.07) is 2.71. The highest BCUT2D eigenvalue weighted by molar-refractivity contribution is 6.43. The first-order valence-electron chi connectivity index (χ1n) is 3.20. The van der Waals surface area contributed by atoms with Gasteiger partial charge >= 0.3 is 0 Å². The van der Waals surface area contributed by atoms with Crippen LogP contribution < -0.4 is 0 Å². The summed E-state index contributed by atoms with van der Waals surface area (Å²) in [5.74, 6) is -2.92. The predicted molar refractivity (Wildman–Crippen MR) is 45.8 cm³/mol. The fraction of sp³-hybridized carbons (Fsp3) is 0. The van der Waals surface area contributed by atoms with Gasteiger partial charge in [-0.1, -0.05) is 23.2 Å². The molecule has 14 heavy (non-hydrogen) atoms. The molecule has 1 aromatic carbocycles. The lowest BCUT2D eigenvalue weighted by Gasteiger charge is -2.03. The van der Waals surface area contributed by atoms with Gasteiger partial charge in [0.15, 0.2) is 11.6 Å². The van der Waals surface area contributed by atoms with Gasteiger partial charge in [-0.15, -0.1) is 0 Å². The maximum Gasteiger partial charge on any atom is 0.179 e. The van der Waals surface area contributed by atoms with Crippen molar-refractivity contribution in [1.29, 1.82) is 10.5 Å². The molecule has 1 rings (SSSR count). The summed E-state index contributed by atoms with van der Waals surface area (Å²) < 4.78 is 26.0. The summed E-state index contributed by atoms with van der Waals surface area (Å²) in [6.07, 6.45) is 0. The lowest BCUT2D eigenvalue weighted by molar-refractivity contribution is 0.504. The van der Waals surface area contributed by atoms with Crippen LogP contribution in [0.25, 0.3) is 0 Å². The zero-order valence-electron chi connectivity index (χ0n) is 6.41. The van der Waals surface area contributed by atoms with Crippen LogP contribution in [0.15, 0.2) is 0 Å². The van der Waals surface area contributed by atoms with Crippen LogP contribution in [0.4, 0.5) is 8.78 Å². The van der Waals surface area contributed by atoms with Gasteiger partial charge in [0.2, 0.25) is 0 Å². The van der Waals surface area contributed by atoms with Gasteiger partial charge in [-0.2, -0.15) is 10.5 Å². The van der Waals surface area contributed by atoms with Crippen LogP contribution in [-0.4, -0.2) is 0 Å². The lowest BCUT2D eigenvalue weighted by atomic mass is 10.1. The van der Waals surface area contributed by atoms with E-state index in [2.05, 4.69) is 0 Å². The summed E-state index contributed by atoms with van der Waals surface area (Å²) >= 11 is 10.9. The van der Waals surface area contributed by atoms with Gasteiger partial charge in [-0.3, -0.25) is 0 Å². The molecule has 0 aliphatic carbocycles. The molecule has 0 amide bonds. The van der Waals surface area contributed by atoms with Crippen molar-refractivity contribution in [1.82, 2.24) is 0 Å². The van der Waals surface area contributed by atoms with Crippen molar-refractivity contribution >= 4 is 23.2 Å². The van der Waals surface area contributed by atoms with Crippen molar-refractivity contribution in [3.05, 3.63) is 32.8 Å². The summed E-state index contributed by atoms with van der Waals surface area (Å²) in [6.45, 7) is 0. The van der Waals surface area contributed by atoms with E-state index in [0.29, 0.717) is 0 Å². The normalized spacial score (nSPS) is 9.29. The van der Waals surface area contributed by atoms with Crippen LogP contribution in [0.1, 0.15) is 11.1 Å². The molecule has 0 atom stereocenters. The number of nitrogens with zero attached hydrogens (tertiary/aromatic N) is 2. The molecule has 0 bridgehead atoms. The molecule has 0 fully saturated rings. The molecule has 0 spiro atoms. The number of benzene rings is 1. The molecule has 0 radical (unpaired) electrons. The standard InChI is InChI=1S/C8Cl2F2N2/c9-5-3(1-13)7(11)8(12)4(2-14)6(5)10. The summed E-state index contributed by atoms with van der Waals surface area (Å²) in [7, 11) is 0. The maximum absolute atomic E-state index is 13.0. The molecule has 0 unspecified atom stereocenters. The first-order valence-corrected chi connectivity index (χ1v) is 3.96. The molecule has 0 N–H and O–H groups in total. The Morgan fingerprint density at radius 3 is 1.36 bits per heavy atom. The zero-order chi connectivity index (χ0) is 10.9. The van der Waals surface area contributed by atoms with Crippen molar-refractivity contribution in [2.75, 3.05) is 0 Å². The second-order valence-electron chi connectivity index (χ2n) is 2.23. The van der Waals surface area contributed by atoms with Crippen LogP contribution in [0.2, 0.25) is 10.0 Å². The van der Waals surface area contributed by atoms with Gasteiger partial charge in [0.1, 0.15) is 23.3 Å². The third-order valence-electron chi connectivity index (χ3n) is 1.49. The smallest absolute Gasteiger partial charge is 0.179 e. The van der Waals surface area contributed by atoms with Crippen molar-refractivity contribution in [3.8, 4) is 12.1 Å². The van der Waals surface area contributed by atoms with Crippen molar-refractivity contribution < 1.29 is 8.78 Å². The Balaban J connectivity index is 3.77. The number of hydrogen-bond acceptors (Lipinski definition) is 2. The van der Waals surface area contributed by atoms with Gasteiger partial charge in [0.25, 0.3) is 0 Å². The minimum atomic E-state index is -1.46. The topological polar surface area (TPSA) is 47.6 Å². The fourth-order valence-corrected chi connectivity index (χ4v) is 1.27. The third-order valence-corrected chi connectivity index (χ3v) is 2.34. The molecular weight excluding hydrogens is 233 g/mol. The minimum Gasteiger partial charge on any atom is -0.202 e. The molecule has 0 saturated carbocycles. The Morgan fingerprint density at radius 1 is 0.857 bits per heavy atom. The average molecular weight is 233 g/mol. The molecule has 0 heterocycles. The van der Waals surface area contributed by atoms with Gasteiger partial charge in [0.05, 0.1) is 10.0 Å². The van der Waals surface area contributed by atoms with Crippen molar-refractivity contribution in [2.45, 2.75) is 0 Å². The van der Waals surface area contributed by atoms with Crippen LogP contribution in [0.5, 0.6) is 0 Å². The molecule has 1 aromatic rings.